The number of anilines is 1. The predicted molar refractivity (Wildman–Crippen MR) is 118 cm³/mol. The molecular weight excluding hydrogens is 359 g/mol. The van der Waals surface area contributed by atoms with Crippen molar-refractivity contribution in [3.8, 4) is 28.3 Å². The zero-order chi connectivity index (χ0) is 20.4. The van der Waals surface area contributed by atoms with Crippen molar-refractivity contribution in [2.75, 3.05) is 18.0 Å². The molecule has 0 spiro atoms. The van der Waals surface area contributed by atoms with Crippen molar-refractivity contribution >= 4 is 5.69 Å². The monoisotopic (exact) mass is 384 g/mol. The summed E-state index contributed by atoms with van der Waals surface area (Å²) in [5.74, 6) is -0.267. The third-order valence-electron chi connectivity index (χ3n) is 5.95. The van der Waals surface area contributed by atoms with Crippen LogP contribution in [-0.4, -0.2) is 13.1 Å². The SMILES string of the molecule is Cc1c(-c2ccccc2)c(C)c(N2CCCCC2)c(C#N)c1-c1ccc(F)cc1. The summed E-state index contributed by atoms with van der Waals surface area (Å²) in [6, 6.07) is 19.4. The van der Waals surface area contributed by atoms with Gasteiger partial charge in [0.2, 0.25) is 0 Å². The van der Waals surface area contributed by atoms with Crippen molar-refractivity contribution in [1.29, 1.82) is 5.26 Å². The first-order chi connectivity index (χ1) is 14.1. The summed E-state index contributed by atoms with van der Waals surface area (Å²) in [7, 11) is 0. The number of nitriles is 1. The molecule has 0 amide bonds. The smallest absolute Gasteiger partial charge is 0.123 e. The van der Waals surface area contributed by atoms with E-state index in [0.717, 1.165) is 59.4 Å². The standard InChI is InChI=1S/C26H25FN2/c1-18-24(20-9-5-3-6-10-20)19(2)26(29-15-7-4-8-16-29)23(17-28)25(18)21-11-13-22(27)14-12-21/h3,5-6,9-14H,4,7-8,15-16H2,1-2H3. The molecule has 0 aliphatic carbocycles. The summed E-state index contributed by atoms with van der Waals surface area (Å²) in [4.78, 5) is 2.37. The Morgan fingerprint density at radius 1 is 0.793 bits per heavy atom. The summed E-state index contributed by atoms with van der Waals surface area (Å²) in [5, 5.41) is 10.2. The minimum absolute atomic E-state index is 0.267. The summed E-state index contributed by atoms with van der Waals surface area (Å²) in [6.07, 6.45) is 3.52. The van der Waals surface area contributed by atoms with Gasteiger partial charge in [0.05, 0.1) is 11.3 Å². The lowest BCUT2D eigenvalue weighted by molar-refractivity contribution is 0.577. The molecule has 146 valence electrons. The van der Waals surface area contributed by atoms with Gasteiger partial charge in [-0.15, -0.1) is 0 Å². The molecule has 3 aromatic rings. The van der Waals surface area contributed by atoms with Crippen LogP contribution in [0.4, 0.5) is 10.1 Å². The largest absolute Gasteiger partial charge is 0.370 e. The van der Waals surface area contributed by atoms with Gasteiger partial charge >= 0.3 is 0 Å². The van der Waals surface area contributed by atoms with Crippen LogP contribution in [0.15, 0.2) is 54.6 Å². The van der Waals surface area contributed by atoms with Crippen molar-refractivity contribution < 1.29 is 4.39 Å². The van der Waals surface area contributed by atoms with Crippen LogP contribution in [0.5, 0.6) is 0 Å². The van der Waals surface area contributed by atoms with Crippen LogP contribution in [0.3, 0.4) is 0 Å². The van der Waals surface area contributed by atoms with E-state index in [2.05, 4.69) is 36.9 Å². The summed E-state index contributed by atoms with van der Waals surface area (Å²) in [6.45, 7) is 6.15. The van der Waals surface area contributed by atoms with Gasteiger partial charge in [0.25, 0.3) is 0 Å². The molecule has 1 aliphatic rings. The number of hydrogen-bond donors (Lipinski definition) is 0. The second kappa shape index (κ2) is 8.09. The number of rotatable bonds is 3. The highest BCUT2D eigenvalue weighted by atomic mass is 19.1. The lowest BCUT2D eigenvalue weighted by atomic mass is 9.84. The van der Waals surface area contributed by atoms with E-state index in [1.807, 2.05) is 18.2 Å². The number of benzene rings is 3. The fourth-order valence-electron chi connectivity index (χ4n) is 4.65. The molecule has 1 saturated heterocycles. The maximum absolute atomic E-state index is 13.6. The average molecular weight is 384 g/mol. The minimum atomic E-state index is -0.267. The number of halogens is 1. The summed E-state index contributed by atoms with van der Waals surface area (Å²) < 4.78 is 13.6. The Bertz CT molecular complexity index is 1060. The van der Waals surface area contributed by atoms with E-state index in [1.165, 1.54) is 24.1 Å². The van der Waals surface area contributed by atoms with Gasteiger partial charge in [-0.3, -0.25) is 0 Å². The third-order valence-corrected chi connectivity index (χ3v) is 5.95. The predicted octanol–water partition coefficient (Wildman–Crippen LogP) is 6.64. The van der Waals surface area contributed by atoms with E-state index in [-0.39, 0.29) is 5.82 Å². The van der Waals surface area contributed by atoms with Crippen LogP contribution in [0.2, 0.25) is 0 Å². The molecule has 1 fully saturated rings. The van der Waals surface area contributed by atoms with Crippen molar-refractivity contribution in [1.82, 2.24) is 0 Å². The van der Waals surface area contributed by atoms with Crippen LogP contribution in [0.25, 0.3) is 22.3 Å². The Morgan fingerprint density at radius 2 is 1.41 bits per heavy atom. The molecule has 0 N–H and O–H groups in total. The van der Waals surface area contributed by atoms with E-state index in [4.69, 9.17) is 0 Å². The fourth-order valence-corrected chi connectivity index (χ4v) is 4.65. The first-order valence-electron chi connectivity index (χ1n) is 10.3. The molecule has 4 rings (SSSR count). The summed E-state index contributed by atoms with van der Waals surface area (Å²) in [5.41, 5.74) is 8.08. The highest BCUT2D eigenvalue weighted by Gasteiger charge is 2.25. The first kappa shape index (κ1) is 19.2. The molecule has 2 nitrogen and oxygen atoms in total. The van der Waals surface area contributed by atoms with Gasteiger partial charge < -0.3 is 4.90 Å². The molecule has 0 saturated carbocycles. The van der Waals surface area contributed by atoms with E-state index < -0.39 is 0 Å². The average Bonchev–Trinajstić information content (AvgIpc) is 2.75. The molecule has 0 atom stereocenters. The highest BCUT2D eigenvalue weighted by Crippen LogP contribution is 2.44. The van der Waals surface area contributed by atoms with Gasteiger partial charge in [-0.05, 0) is 73.1 Å². The zero-order valence-corrected chi connectivity index (χ0v) is 17.0. The minimum Gasteiger partial charge on any atom is -0.370 e. The van der Waals surface area contributed by atoms with Gasteiger partial charge in [0.15, 0.2) is 0 Å². The zero-order valence-electron chi connectivity index (χ0n) is 17.0. The van der Waals surface area contributed by atoms with E-state index in [9.17, 15) is 9.65 Å². The maximum Gasteiger partial charge on any atom is 0.123 e. The van der Waals surface area contributed by atoms with Gasteiger partial charge in [0, 0.05) is 18.7 Å². The maximum atomic E-state index is 13.6. The topological polar surface area (TPSA) is 27.0 Å². The molecular formula is C26H25FN2. The van der Waals surface area contributed by atoms with Crippen LogP contribution in [0.1, 0.15) is 36.0 Å². The molecule has 3 aromatic carbocycles. The van der Waals surface area contributed by atoms with Crippen molar-refractivity contribution in [2.45, 2.75) is 33.1 Å². The van der Waals surface area contributed by atoms with Crippen LogP contribution < -0.4 is 4.90 Å². The third kappa shape index (κ3) is 3.51. The Morgan fingerprint density at radius 3 is 2.03 bits per heavy atom. The summed E-state index contributed by atoms with van der Waals surface area (Å²) >= 11 is 0. The molecule has 0 radical (unpaired) electrons. The lowest BCUT2D eigenvalue weighted by Gasteiger charge is -2.33. The quantitative estimate of drug-likeness (QED) is 0.506. The van der Waals surface area contributed by atoms with Gasteiger partial charge in [-0.1, -0.05) is 42.5 Å². The number of nitrogens with zero attached hydrogens (tertiary/aromatic N) is 2. The number of hydrogen-bond acceptors (Lipinski definition) is 2. The Balaban J connectivity index is 2.06. The van der Waals surface area contributed by atoms with Crippen molar-refractivity contribution in [3.05, 3.63) is 77.1 Å². The lowest BCUT2D eigenvalue weighted by Crippen LogP contribution is -2.31. The number of piperidine rings is 1. The Kier molecular flexibility index (Phi) is 5.36. The first-order valence-corrected chi connectivity index (χ1v) is 10.3. The van der Waals surface area contributed by atoms with Crippen molar-refractivity contribution in [2.24, 2.45) is 0 Å². The van der Waals surface area contributed by atoms with Crippen LogP contribution in [0, 0.1) is 31.0 Å². The molecule has 0 bridgehead atoms. The second-order valence-corrected chi connectivity index (χ2v) is 7.76. The van der Waals surface area contributed by atoms with Crippen LogP contribution >= 0.6 is 0 Å². The molecule has 3 heteroatoms. The fraction of sp³-hybridized carbons (Fsp3) is 0.269. The van der Waals surface area contributed by atoms with E-state index >= 15 is 0 Å². The van der Waals surface area contributed by atoms with Crippen LogP contribution in [-0.2, 0) is 0 Å². The molecule has 1 heterocycles. The molecule has 0 unspecified atom stereocenters. The normalized spacial score (nSPS) is 13.9. The highest BCUT2D eigenvalue weighted by molar-refractivity contribution is 5.91. The van der Waals surface area contributed by atoms with Gasteiger partial charge in [-0.2, -0.15) is 5.26 Å². The second-order valence-electron chi connectivity index (χ2n) is 7.76. The molecule has 0 aromatic heterocycles. The van der Waals surface area contributed by atoms with E-state index in [0.29, 0.717) is 5.56 Å². The Labute approximate surface area is 172 Å². The van der Waals surface area contributed by atoms with Crippen molar-refractivity contribution in [3.63, 3.8) is 0 Å². The van der Waals surface area contributed by atoms with Gasteiger partial charge in [0.1, 0.15) is 11.9 Å². The van der Waals surface area contributed by atoms with E-state index in [1.54, 1.807) is 12.1 Å². The Hall–Kier alpha value is -3.12. The van der Waals surface area contributed by atoms with Gasteiger partial charge in [-0.25, -0.2) is 4.39 Å². The molecule has 29 heavy (non-hydrogen) atoms. The molecule has 1 aliphatic heterocycles.